The van der Waals surface area contributed by atoms with Crippen molar-refractivity contribution < 1.29 is 19.1 Å². The third-order valence-electron chi connectivity index (χ3n) is 4.57. The Bertz CT molecular complexity index is 606. The summed E-state index contributed by atoms with van der Waals surface area (Å²) in [5.41, 5.74) is -0.542. The first-order valence-corrected chi connectivity index (χ1v) is 8.63. The third kappa shape index (κ3) is 3.98. The first-order chi connectivity index (χ1) is 11.3. The van der Waals surface area contributed by atoms with Crippen LogP contribution in [0, 0.1) is 13.8 Å². The van der Waals surface area contributed by atoms with Gasteiger partial charge in [-0.3, -0.25) is 9.59 Å². The maximum absolute atomic E-state index is 12.5. The molecule has 1 aromatic rings. The van der Waals surface area contributed by atoms with Crippen LogP contribution in [0.4, 0.5) is 0 Å². The lowest BCUT2D eigenvalue weighted by Gasteiger charge is -2.27. The number of hydrogen-bond donors (Lipinski definition) is 2. The van der Waals surface area contributed by atoms with Crippen molar-refractivity contribution in [1.82, 2.24) is 10.2 Å². The van der Waals surface area contributed by atoms with Crippen LogP contribution in [-0.4, -0.2) is 41.0 Å². The second-order valence-electron chi connectivity index (χ2n) is 6.81. The van der Waals surface area contributed by atoms with Crippen LogP contribution in [0.25, 0.3) is 0 Å². The van der Waals surface area contributed by atoms with Crippen LogP contribution >= 0.6 is 0 Å². The fraction of sp³-hybridized carbons (Fsp3) is 0.667. The molecule has 0 radical (unpaired) electrons. The van der Waals surface area contributed by atoms with Gasteiger partial charge in [0.2, 0.25) is 11.8 Å². The van der Waals surface area contributed by atoms with Gasteiger partial charge in [-0.2, -0.15) is 0 Å². The van der Waals surface area contributed by atoms with Gasteiger partial charge in [0.15, 0.2) is 0 Å². The minimum atomic E-state index is -1.21. The van der Waals surface area contributed by atoms with Gasteiger partial charge in [0.25, 0.3) is 0 Å². The van der Waals surface area contributed by atoms with Crippen molar-refractivity contribution in [3.63, 3.8) is 0 Å². The van der Waals surface area contributed by atoms with Gasteiger partial charge < -0.3 is 19.7 Å². The number of furan rings is 1. The highest BCUT2D eigenvalue weighted by Crippen LogP contribution is 2.26. The second kappa shape index (κ2) is 7.38. The average molecular weight is 336 g/mol. The van der Waals surface area contributed by atoms with Crippen molar-refractivity contribution in [1.29, 1.82) is 0 Å². The molecule has 0 spiro atoms. The standard InChI is InChI=1S/C18H28N2O4/c1-5-7-16(21)20-9-6-8-15(20)17(22)19-11-18(4,23)14-10-12(2)24-13(14)3/h10,15,23H,5-9,11H2,1-4H3,(H,19,22). The van der Waals surface area contributed by atoms with Crippen molar-refractivity contribution in [2.75, 3.05) is 13.1 Å². The van der Waals surface area contributed by atoms with Gasteiger partial charge in [-0.15, -0.1) is 0 Å². The van der Waals surface area contributed by atoms with Crippen LogP contribution in [0.15, 0.2) is 10.5 Å². The number of hydrogen-bond acceptors (Lipinski definition) is 4. The number of nitrogens with zero attached hydrogens (tertiary/aromatic N) is 1. The lowest BCUT2D eigenvalue weighted by atomic mass is 9.96. The molecule has 1 saturated heterocycles. The lowest BCUT2D eigenvalue weighted by molar-refractivity contribution is -0.138. The molecule has 6 nitrogen and oxygen atoms in total. The molecule has 0 bridgehead atoms. The molecule has 0 saturated carbocycles. The molecule has 1 aliphatic heterocycles. The van der Waals surface area contributed by atoms with E-state index in [0.717, 1.165) is 18.6 Å². The number of aliphatic hydroxyl groups is 1. The molecule has 2 heterocycles. The van der Waals surface area contributed by atoms with E-state index in [-0.39, 0.29) is 18.4 Å². The van der Waals surface area contributed by atoms with Crippen LogP contribution in [0.2, 0.25) is 0 Å². The fourth-order valence-corrected chi connectivity index (χ4v) is 3.33. The Morgan fingerprint density at radius 3 is 2.75 bits per heavy atom. The molecule has 2 atom stereocenters. The molecule has 2 rings (SSSR count). The zero-order valence-corrected chi connectivity index (χ0v) is 15.0. The molecule has 134 valence electrons. The maximum atomic E-state index is 12.5. The summed E-state index contributed by atoms with van der Waals surface area (Å²) in [6, 6.07) is 1.36. The Labute approximate surface area is 143 Å². The molecule has 0 aromatic carbocycles. The van der Waals surface area contributed by atoms with Gasteiger partial charge in [0.05, 0.1) is 6.54 Å². The predicted octanol–water partition coefficient (Wildman–Crippen LogP) is 2.01. The Hall–Kier alpha value is -1.82. The van der Waals surface area contributed by atoms with E-state index in [9.17, 15) is 14.7 Å². The quantitative estimate of drug-likeness (QED) is 0.832. The molecule has 2 unspecified atom stereocenters. The molecule has 1 fully saturated rings. The minimum Gasteiger partial charge on any atom is -0.466 e. The summed E-state index contributed by atoms with van der Waals surface area (Å²) in [4.78, 5) is 26.3. The van der Waals surface area contributed by atoms with Gasteiger partial charge >= 0.3 is 0 Å². The van der Waals surface area contributed by atoms with Gasteiger partial charge in [-0.25, -0.2) is 0 Å². The van der Waals surface area contributed by atoms with Crippen LogP contribution in [0.5, 0.6) is 0 Å². The number of carbonyl (C=O) groups is 2. The van der Waals surface area contributed by atoms with Gasteiger partial charge in [0, 0.05) is 18.5 Å². The zero-order chi connectivity index (χ0) is 17.9. The number of likely N-dealkylation sites (tertiary alicyclic amines) is 1. The normalized spacial score (nSPS) is 20.0. The predicted molar refractivity (Wildman–Crippen MR) is 90.4 cm³/mol. The summed E-state index contributed by atoms with van der Waals surface area (Å²) in [5, 5.41) is 13.5. The summed E-state index contributed by atoms with van der Waals surface area (Å²) in [6.45, 7) is 7.93. The van der Waals surface area contributed by atoms with E-state index in [4.69, 9.17) is 4.42 Å². The molecule has 6 heteroatoms. The van der Waals surface area contributed by atoms with E-state index in [1.54, 1.807) is 24.8 Å². The van der Waals surface area contributed by atoms with Crippen molar-refractivity contribution in [3.8, 4) is 0 Å². The maximum Gasteiger partial charge on any atom is 0.242 e. The highest BCUT2D eigenvalue weighted by atomic mass is 16.3. The van der Waals surface area contributed by atoms with Gasteiger partial charge in [-0.05, 0) is 46.1 Å². The smallest absolute Gasteiger partial charge is 0.242 e. The molecular formula is C18H28N2O4. The number of amides is 2. The number of rotatable bonds is 6. The van der Waals surface area contributed by atoms with Gasteiger partial charge in [0.1, 0.15) is 23.2 Å². The zero-order valence-electron chi connectivity index (χ0n) is 15.0. The van der Waals surface area contributed by atoms with Crippen molar-refractivity contribution >= 4 is 11.8 Å². The fourth-order valence-electron chi connectivity index (χ4n) is 3.33. The average Bonchev–Trinajstić information content (AvgIpc) is 3.12. The SMILES string of the molecule is CCCC(=O)N1CCCC1C(=O)NCC(C)(O)c1cc(C)oc1C. The molecule has 1 aromatic heterocycles. The van der Waals surface area contributed by atoms with Crippen molar-refractivity contribution in [2.24, 2.45) is 0 Å². The Kier molecular flexibility index (Phi) is 5.70. The van der Waals surface area contributed by atoms with E-state index < -0.39 is 11.6 Å². The molecule has 0 aliphatic carbocycles. The first kappa shape index (κ1) is 18.5. The summed E-state index contributed by atoms with van der Waals surface area (Å²) < 4.78 is 5.46. The van der Waals surface area contributed by atoms with Gasteiger partial charge in [-0.1, -0.05) is 6.92 Å². The van der Waals surface area contributed by atoms with Crippen LogP contribution in [-0.2, 0) is 15.2 Å². The van der Waals surface area contributed by atoms with Crippen LogP contribution in [0.1, 0.15) is 56.6 Å². The third-order valence-corrected chi connectivity index (χ3v) is 4.57. The Morgan fingerprint density at radius 1 is 1.46 bits per heavy atom. The Morgan fingerprint density at radius 2 is 2.17 bits per heavy atom. The van der Waals surface area contributed by atoms with Crippen LogP contribution < -0.4 is 5.32 Å². The highest BCUT2D eigenvalue weighted by molar-refractivity contribution is 5.88. The largest absolute Gasteiger partial charge is 0.466 e. The van der Waals surface area contributed by atoms with Crippen LogP contribution in [0.3, 0.4) is 0 Å². The minimum absolute atomic E-state index is 0.0308. The van der Waals surface area contributed by atoms with Crippen molar-refractivity contribution in [2.45, 2.75) is 65.0 Å². The topological polar surface area (TPSA) is 82.8 Å². The molecule has 1 aliphatic rings. The molecular weight excluding hydrogens is 308 g/mol. The highest BCUT2D eigenvalue weighted by Gasteiger charge is 2.35. The Balaban J connectivity index is 1.99. The molecule has 2 N–H and O–H groups in total. The number of carbonyl (C=O) groups excluding carboxylic acids is 2. The number of nitrogens with one attached hydrogen (secondary N) is 1. The lowest BCUT2D eigenvalue weighted by Crippen LogP contribution is -2.49. The monoisotopic (exact) mass is 336 g/mol. The van der Waals surface area contributed by atoms with Crippen molar-refractivity contribution in [3.05, 3.63) is 23.2 Å². The van der Waals surface area contributed by atoms with E-state index in [1.165, 1.54) is 0 Å². The van der Waals surface area contributed by atoms with E-state index in [1.807, 2.05) is 13.8 Å². The number of aryl methyl sites for hydroxylation is 2. The summed E-state index contributed by atoms with van der Waals surface area (Å²) in [7, 11) is 0. The summed E-state index contributed by atoms with van der Waals surface area (Å²) in [6.07, 6.45) is 2.75. The van der Waals surface area contributed by atoms with E-state index >= 15 is 0 Å². The molecule has 24 heavy (non-hydrogen) atoms. The van der Waals surface area contributed by atoms with E-state index in [0.29, 0.717) is 30.7 Å². The summed E-state index contributed by atoms with van der Waals surface area (Å²) >= 11 is 0. The summed E-state index contributed by atoms with van der Waals surface area (Å²) in [5.74, 6) is 1.20. The van der Waals surface area contributed by atoms with E-state index in [2.05, 4.69) is 5.32 Å². The second-order valence-corrected chi connectivity index (χ2v) is 6.81. The molecule has 2 amide bonds. The first-order valence-electron chi connectivity index (χ1n) is 8.63.